The fourth-order valence-electron chi connectivity index (χ4n) is 6.01. The lowest BCUT2D eigenvalue weighted by Gasteiger charge is -2.34. The van der Waals surface area contributed by atoms with E-state index in [0.29, 0.717) is 26.9 Å². The van der Waals surface area contributed by atoms with Crippen LogP contribution in [0.25, 0.3) is 11.0 Å². The minimum Gasteiger partial charge on any atom is -0.450 e. The summed E-state index contributed by atoms with van der Waals surface area (Å²) < 4.78 is 6.11. The van der Waals surface area contributed by atoms with Gasteiger partial charge in [-0.3, -0.25) is 14.4 Å². The van der Waals surface area contributed by atoms with Crippen molar-refractivity contribution in [2.75, 3.05) is 4.90 Å². The molecular weight excluding hydrogens is 559 g/mol. The molecule has 0 aliphatic carbocycles. The Morgan fingerprint density at radius 2 is 1.56 bits per heavy atom. The largest absolute Gasteiger partial charge is 0.450 e. The summed E-state index contributed by atoms with van der Waals surface area (Å²) >= 11 is 12.8. The summed E-state index contributed by atoms with van der Waals surface area (Å²) in [7, 11) is 0. The summed E-state index contributed by atoms with van der Waals surface area (Å²) in [6.45, 7) is 2.24. The Balaban J connectivity index is 1.52. The van der Waals surface area contributed by atoms with E-state index in [-0.39, 0.29) is 35.4 Å². The van der Waals surface area contributed by atoms with Gasteiger partial charge in [0.25, 0.3) is 11.8 Å². The SMILES string of the molecule is Cc1ccc(CN2C(=O)C3(c4ccccc42)c2c(oc4ccc(Cl)cc4c2=O)C(=O)N3Cc2ccccc2Cl)cc1. The van der Waals surface area contributed by atoms with Crippen LogP contribution in [0.2, 0.25) is 10.0 Å². The van der Waals surface area contributed by atoms with Gasteiger partial charge in [0, 0.05) is 22.2 Å². The van der Waals surface area contributed by atoms with Crippen molar-refractivity contribution in [1.29, 1.82) is 0 Å². The lowest BCUT2D eigenvalue weighted by atomic mass is 9.83. The van der Waals surface area contributed by atoms with Crippen LogP contribution in [0.3, 0.4) is 0 Å². The van der Waals surface area contributed by atoms with Gasteiger partial charge in [-0.1, -0.05) is 89.4 Å². The van der Waals surface area contributed by atoms with E-state index in [1.807, 2.05) is 49.4 Å². The van der Waals surface area contributed by atoms with Gasteiger partial charge in [-0.05, 0) is 48.4 Å². The second-order valence-corrected chi connectivity index (χ2v) is 11.2. The Morgan fingerprint density at radius 3 is 2.34 bits per heavy atom. The number of anilines is 1. The van der Waals surface area contributed by atoms with Gasteiger partial charge >= 0.3 is 0 Å². The quantitative estimate of drug-likeness (QED) is 0.233. The Hall–Kier alpha value is -4.39. The number of hydrogen-bond acceptors (Lipinski definition) is 4. The second-order valence-electron chi connectivity index (χ2n) is 10.4. The number of halogens is 2. The molecule has 1 unspecified atom stereocenters. The van der Waals surface area contributed by atoms with E-state index < -0.39 is 22.8 Å². The minimum absolute atomic E-state index is 0.00632. The van der Waals surface area contributed by atoms with Crippen LogP contribution in [0.5, 0.6) is 0 Å². The topological polar surface area (TPSA) is 70.8 Å². The highest BCUT2D eigenvalue weighted by molar-refractivity contribution is 6.31. The summed E-state index contributed by atoms with van der Waals surface area (Å²) in [5, 5.41) is 0.985. The number of rotatable bonds is 4. The molecule has 2 amide bonds. The van der Waals surface area contributed by atoms with E-state index in [0.717, 1.165) is 11.1 Å². The molecule has 0 N–H and O–H groups in total. The molecule has 41 heavy (non-hydrogen) atoms. The predicted molar refractivity (Wildman–Crippen MR) is 158 cm³/mol. The zero-order valence-corrected chi connectivity index (χ0v) is 23.4. The monoisotopic (exact) mass is 580 g/mol. The van der Waals surface area contributed by atoms with Crippen LogP contribution < -0.4 is 10.3 Å². The molecule has 1 aromatic heterocycles. The van der Waals surface area contributed by atoms with E-state index in [1.54, 1.807) is 47.4 Å². The van der Waals surface area contributed by atoms with Gasteiger partial charge < -0.3 is 14.2 Å². The molecule has 2 aliphatic rings. The molecule has 0 radical (unpaired) electrons. The molecule has 8 heteroatoms. The van der Waals surface area contributed by atoms with Crippen molar-refractivity contribution in [2.24, 2.45) is 0 Å². The van der Waals surface area contributed by atoms with Crippen LogP contribution >= 0.6 is 23.2 Å². The average Bonchev–Trinajstić information content (AvgIpc) is 3.36. The van der Waals surface area contributed by atoms with E-state index in [4.69, 9.17) is 27.6 Å². The highest BCUT2D eigenvalue weighted by atomic mass is 35.5. The van der Waals surface area contributed by atoms with Gasteiger partial charge in [0.05, 0.1) is 23.2 Å². The van der Waals surface area contributed by atoms with Crippen LogP contribution in [-0.2, 0) is 23.4 Å². The van der Waals surface area contributed by atoms with E-state index in [1.165, 1.54) is 11.0 Å². The number of para-hydroxylation sites is 1. The fraction of sp³-hybridized carbons (Fsp3) is 0.121. The molecule has 7 rings (SSSR count). The number of fused-ring (bicyclic) bond motifs is 5. The summed E-state index contributed by atoms with van der Waals surface area (Å²) in [6, 6.07) is 27.0. The number of benzene rings is 4. The molecule has 0 saturated carbocycles. The van der Waals surface area contributed by atoms with E-state index in [9.17, 15) is 14.4 Å². The molecular formula is C33H22Cl2N2O4. The Kier molecular flexibility index (Phi) is 5.82. The Morgan fingerprint density at radius 1 is 0.829 bits per heavy atom. The molecule has 4 aromatic carbocycles. The maximum Gasteiger partial charge on any atom is 0.291 e. The third-order valence-electron chi connectivity index (χ3n) is 7.95. The third kappa shape index (κ3) is 3.68. The highest BCUT2D eigenvalue weighted by Crippen LogP contribution is 2.53. The standard InChI is InChI=1S/C33H22Cl2N2O4/c1-19-10-12-20(13-11-19)17-36-26-9-5-3-7-24(26)33(32(36)40)28-29(38)23-16-22(34)14-15-27(23)41-30(28)31(39)37(33)18-21-6-2-4-8-25(21)35/h2-16H,17-18H2,1H3. The van der Waals surface area contributed by atoms with Crippen molar-refractivity contribution >= 4 is 51.7 Å². The minimum atomic E-state index is -1.76. The maximum absolute atomic E-state index is 14.9. The first-order valence-corrected chi connectivity index (χ1v) is 13.9. The van der Waals surface area contributed by atoms with Crippen molar-refractivity contribution in [3.63, 3.8) is 0 Å². The summed E-state index contributed by atoms with van der Waals surface area (Å²) in [5.74, 6) is -1.13. The second kappa shape index (κ2) is 9.33. The Bertz CT molecular complexity index is 1970. The molecule has 0 saturated heterocycles. The molecule has 6 nitrogen and oxygen atoms in total. The molecule has 202 valence electrons. The normalized spacial score (nSPS) is 17.5. The lowest BCUT2D eigenvalue weighted by Crippen LogP contribution is -2.53. The summed E-state index contributed by atoms with van der Waals surface area (Å²) in [6.07, 6.45) is 0. The van der Waals surface area contributed by atoms with Crippen molar-refractivity contribution in [2.45, 2.75) is 25.6 Å². The van der Waals surface area contributed by atoms with Gasteiger partial charge in [0.15, 0.2) is 11.0 Å². The zero-order chi connectivity index (χ0) is 28.5. The first kappa shape index (κ1) is 25.6. The van der Waals surface area contributed by atoms with E-state index >= 15 is 0 Å². The first-order chi connectivity index (χ1) is 19.8. The van der Waals surface area contributed by atoms with Gasteiger partial charge in [-0.15, -0.1) is 0 Å². The van der Waals surface area contributed by atoms with E-state index in [2.05, 4.69) is 0 Å². The molecule has 3 heterocycles. The van der Waals surface area contributed by atoms with Crippen molar-refractivity contribution in [1.82, 2.24) is 4.90 Å². The summed E-state index contributed by atoms with van der Waals surface area (Å²) in [4.78, 5) is 46.5. The number of nitrogens with zero attached hydrogens (tertiary/aromatic N) is 2. The van der Waals surface area contributed by atoms with Gasteiger partial charge in [0.2, 0.25) is 5.76 Å². The molecule has 0 fully saturated rings. The van der Waals surface area contributed by atoms with Gasteiger partial charge in [0.1, 0.15) is 5.58 Å². The molecule has 1 spiro atoms. The average molecular weight is 581 g/mol. The van der Waals surface area contributed by atoms with Crippen molar-refractivity contribution in [3.05, 3.63) is 145 Å². The lowest BCUT2D eigenvalue weighted by molar-refractivity contribution is -0.126. The van der Waals surface area contributed by atoms with Crippen LogP contribution in [0.1, 0.15) is 38.4 Å². The van der Waals surface area contributed by atoms with Crippen LogP contribution in [0.4, 0.5) is 5.69 Å². The number of hydrogen-bond donors (Lipinski definition) is 0. The smallest absolute Gasteiger partial charge is 0.291 e. The van der Waals surface area contributed by atoms with Crippen LogP contribution in [0, 0.1) is 6.92 Å². The molecule has 0 bridgehead atoms. The predicted octanol–water partition coefficient (Wildman–Crippen LogP) is 6.85. The maximum atomic E-state index is 14.9. The third-order valence-corrected chi connectivity index (χ3v) is 8.55. The number of aryl methyl sites for hydroxylation is 1. The van der Waals surface area contributed by atoms with Crippen molar-refractivity contribution in [3.8, 4) is 0 Å². The first-order valence-electron chi connectivity index (χ1n) is 13.1. The summed E-state index contributed by atoms with van der Waals surface area (Å²) in [5.41, 5.74) is 1.78. The molecule has 2 aliphatic heterocycles. The fourth-order valence-corrected chi connectivity index (χ4v) is 6.38. The van der Waals surface area contributed by atoms with Crippen LogP contribution in [0.15, 0.2) is 100 Å². The highest BCUT2D eigenvalue weighted by Gasteiger charge is 2.65. The van der Waals surface area contributed by atoms with Crippen LogP contribution in [-0.4, -0.2) is 16.7 Å². The number of carbonyl (C=O) groups excluding carboxylic acids is 2. The van der Waals surface area contributed by atoms with Crippen molar-refractivity contribution < 1.29 is 14.0 Å². The number of carbonyl (C=O) groups is 2. The van der Waals surface area contributed by atoms with Gasteiger partial charge in [-0.2, -0.15) is 0 Å². The number of amides is 2. The Labute approximate surface area is 245 Å². The molecule has 1 atom stereocenters. The molecule has 5 aromatic rings. The van der Waals surface area contributed by atoms with Gasteiger partial charge in [-0.25, -0.2) is 0 Å². The zero-order valence-electron chi connectivity index (χ0n) is 21.9.